The topological polar surface area (TPSA) is 21.3 Å². The van der Waals surface area contributed by atoms with Gasteiger partial charge in [0.25, 0.3) is 0 Å². The minimum atomic E-state index is -0.369. The lowest BCUT2D eigenvalue weighted by molar-refractivity contribution is 0.296. The van der Waals surface area contributed by atoms with E-state index in [4.69, 9.17) is 27.9 Å². The van der Waals surface area contributed by atoms with Gasteiger partial charge in [-0.3, -0.25) is 0 Å². The molecule has 0 unspecified atom stereocenters. The van der Waals surface area contributed by atoms with E-state index in [1.54, 1.807) is 12.1 Å². The zero-order valence-electron chi connectivity index (χ0n) is 14.0. The van der Waals surface area contributed by atoms with Gasteiger partial charge in [-0.15, -0.1) is 0 Å². The summed E-state index contributed by atoms with van der Waals surface area (Å²) in [7, 11) is 0. The molecule has 0 amide bonds. The van der Waals surface area contributed by atoms with Crippen LogP contribution in [0.25, 0.3) is 0 Å². The summed E-state index contributed by atoms with van der Waals surface area (Å²) in [5.74, 6) is 0.324. The van der Waals surface area contributed by atoms with Gasteiger partial charge in [-0.2, -0.15) is 0 Å². The fraction of sp³-hybridized carbons (Fsp3) is 0.143. The van der Waals surface area contributed by atoms with E-state index in [0.29, 0.717) is 29.4 Å². The highest BCUT2D eigenvalue weighted by atomic mass is 35.5. The number of benzene rings is 3. The molecule has 1 N–H and O–H groups in total. The molecule has 0 heterocycles. The smallest absolute Gasteiger partial charge is 0.131 e. The van der Waals surface area contributed by atoms with Gasteiger partial charge in [-0.1, -0.05) is 65.7 Å². The average molecular weight is 390 g/mol. The number of hydrogen-bond acceptors (Lipinski definition) is 2. The largest absolute Gasteiger partial charge is 0.488 e. The normalized spacial score (nSPS) is 10.7. The van der Waals surface area contributed by atoms with E-state index >= 15 is 0 Å². The molecular formula is C21H18Cl2FNO. The Hall–Kier alpha value is -2.07. The van der Waals surface area contributed by atoms with Crippen LogP contribution in [0.3, 0.4) is 0 Å². The van der Waals surface area contributed by atoms with Crippen LogP contribution in [0.4, 0.5) is 4.39 Å². The first-order valence-electron chi connectivity index (χ1n) is 8.23. The van der Waals surface area contributed by atoms with Crippen LogP contribution >= 0.6 is 23.2 Å². The Labute approximate surface area is 162 Å². The van der Waals surface area contributed by atoms with E-state index < -0.39 is 0 Å². The van der Waals surface area contributed by atoms with Gasteiger partial charge in [0.2, 0.25) is 0 Å². The van der Waals surface area contributed by atoms with Crippen LogP contribution in [-0.2, 0) is 19.7 Å². The molecule has 3 aromatic rings. The molecule has 0 saturated heterocycles. The average Bonchev–Trinajstić information content (AvgIpc) is 2.64. The molecule has 26 heavy (non-hydrogen) atoms. The van der Waals surface area contributed by atoms with Gasteiger partial charge in [-0.05, 0) is 29.8 Å². The number of nitrogens with one attached hydrogen (secondary N) is 1. The monoisotopic (exact) mass is 389 g/mol. The number of halogens is 3. The first-order valence-corrected chi connectivity index (χ1v) is 8.98. The molecule has 0 bridgehead atoms. The van der Waals surface area contributed by atoms with Gasteiger partial charge >= 0.3 is 0 Å². The maximum Gasteiger partial charge on any atom is 0.131 e. The standard InChI is InChI=1S/C21H18Cl2FNO/c22-18-8-3-1-6-15(18)12-25-13-16-7-2-4-11-21(16)26-14-17-19(23)9-5-10-20(17)24/h1-11,25H,12-14H2. The van der Waals surface area contributed by atoms with Crippen molar-refractivity contribution in [1.82, 2.24) is 5.32 Å². The molecule has 0 aromatic heterocycles. The zero-order chi connectivity index (χ0) is 18.4. The molecule has 0 fully saturated rings. The molecule has 5 heteroatoms. The van der Waals surface area contributed by atoms with Crippen LogP contribution in [0.2, 0.25) is 10.0 Å². The molecule has 0 saturated carbocycles. The van der Waals surface area contributed by atoms with Crippen LogP contribution < -0.4 is 10.1 Å². The van der Waals surface area contributed by atoms with Crippen molar-refractivity contribution in [2.24, 2.45) is 0 Å². The highest BCUT2D eigenvalue weighted by Gasteiger charge is 2.09. The Kier molecular flexibility index (Phi) is 6.51. The zero-order valence-corrected chi connectivity index (χ0v) is 15.5. The summed E-state index contributed by atoms with van der Waals surface area (Å²) in [5, 5.41) is 4.45. The molecule has 0 aliphatic rings. The third kappa shape index (κ3) is 4.76. The molecule has 3 aromatic carbocycles. The van der Waals surface area contributed by atoms with Gasteiger partial charge in [0.05, 0.1) is 5.02 Å². The fourth-order valence-electron chi connectivity index (χ4n) is 2.58. The second-order valence-corrected chi connectivity index (χ2v) is 6.61. The molecule has 0 aliphatic heterocycles. The van der Waals surface area contributed by atoms with E-state index in [1.165, 1.54) is 6.07 Å². The van der Waals surface area contributed by atoms with Gasteiger partial charge in [0, 0.05) is 29.2 Å². The Bertz CT molecular complexity index is 865. The van der Waals surface area contributed by atoms with Gasteiger partial charge < -0.3 is 10.1 Å². The Morgan fingerprint density at radius 3 is 2.19 bits per heavy atom. The van der Waals surface area contributed by atoms with Crippen LogP contribution in [0, 0.1) is 5.82 Å². The minimum Gasteiger partial charge on any atom is -0.488 e. The van der Waals surface area contributed by atoms with E-state index in [0.717, 1.165) is 16.1 Å². The molecular weight excluding hydrogens is 372 g/mol. The summed E-state index contributed by atoms with van der Waals surface area (Å²) >= 11 is 12.2. The second kappa shape index (κ2) is 9.04. The predicted octanol–water partition coefficient (Wildman–Crippen LogP) is 6.00. The van der Waals surface area contributed by atoms with Crippen molar-refractivity contribution in [1.29, 1.82) is 0 Å². The van der Waals surface area contributed by atoms with Crippen LogP contribution in [0.5, 0.6) is 5.75 Å². The highest BCUT2D eigenvalue weighted by Crippen LogP contribution is 2.24. The third-order valence-corrected chi connectivity index (χ3v) is 4.72. The Morgan fingerprint density at radius 1 is 0.769 bits per heavy atom. The lowest BCUT2D eigenvalue weighted by Gasteiger charge is -2.13. The van der Waals surface area contributed by atoms with Gasteiger partial charge in [0.15, 0.2) is 0 Å². The summed E-state index contributed by atoms with van der Waals surface area (Å²) in [6.45, 7) is 1.33. The van der Waals surface area contributed by atoms with Crippen LogP contribution in [0.15, 0.2) is 66.7 Å². The molecule has 2 nitrogen and oxygen atoms in total. The van der Waals surface area contributed by atoms with Crippen molar-refractivity contribution in [2.45, 2.75) is 19.7 Å². The van der Waals surface area contributed by atoms with Crippen molar-refractivity contribution in [3.8, 4) is 5.75 Å². The lowest BCUT2D eigenvalue weighted by atomic mass is 10.1. The van der Waals surface area contributed by atoms with Crippen molar-refractivity contribution in [3.05, 3.63) is 99.3 Å². The maximum absolute atomic E-state index is 13.9. The first kappa shape index (κ1) is 18.7. The summed E-state index contributed by atoms with van der Waals surface area (Å²) in [6, 6.07) is 20.0. The number of para-hydroxylation sites is 1. The quantitative estimate of drug-likeness (QED) is 0.534. The fourth-order valence-corrected chi connectivity index (χ4v) is 3.00. The van der Waals surface area contributed by atoms with Crippen molar-refractivity contribution in [3.63, 3.8) is 0 Å². The third-order valence-electron chi connectivity index (χ3n) is 4.00. The van der Waals surface area contributed by atoms with E-state index in [2.05, 4.69) is 5.32 Å². The summed E-state index contributed by atoms with van der Waals surface area (Å²) in [5.41, 5.74) is 2.37. The van der Waals surface area contributed by atoms with Gasteiger partial charge in [-0.25, -0.2) is 4.39 Å². The second-order valence-electron chi connectivity index (χ2n) is 5.79. The molecule has 0 atom stereocenters. The Morgan fingerprint density at radius 2 is 1.42 bits per heavy atom. The lowest BCUT2D eigenvalue weighted by Crippen LogP contribution is -2.14. The predicted molar refractivity (Wildman–Crippen MR) is 104 cm³/mol. The number of rotatable bonds is 7. The van der Waals surface area contributed by atoms with E-state index in [-0.39, 0.29) is 12.4 Å². The summed E-state index contributed by atoms with van der Waals surface area (Å²) < 4.78 is 19.7. The van der Waals surface area contributed by atoms with E-state index in [9.17, 15) is 4.39 Å². The summed E-state index contributed by atoms with van der Waals surface area (Å²) in [4.78, 5) is 0. The molecule has 134 valence electrons. The number of hydrogen-bond donors (Lipinski definition) is 1. The van der Waals surface area contributed by atoms with Gasteiger partial charge in [0.1, 0.15) is 18.2 Å². The van der Waals surface area contributed by atoms with Crippen molar-refractivity contribution >= 4 is 23.2 Å². The Balaban J connectivity index is 1.64. The van der Waals surface area contributed by atoms with Crippen LogP contribution in [-0.4, -0.2) is 0 Å². The highest BCUT2D eigenvalue weighted by molar-refractivity contribution is 6.31. The SMILES string of the molecule is Fc1cccc(Cl)c1COc1ccccc1CNCc1ccccc1Cl. The van der Waals surface area contributed by atoms with E-state index in [1.807, 2.05) is 48.5 Å². The van der Waals surface area contributed by atoms with Crippen LogP contribution in [0.1, 0.15) is 16.7 Å². The summed E-state index contributed by atoms with van der Waals surface area (Å²) in [6.07, 6.45) is 0. The maximum atomic E-state index is 13.9. The number of ether oxygens (including phenoxy) is 1. The molecule has 3 rings (SSSR count). The molecule has 0 radical (unpaired) electrons. The first-order chi connectivity index (χ1) is 12.6. The minimum absolute atomic E-state index is 0.0764. The van der Waals surface area contributed by atoms with Crippen molar-refractivity contribution < 1.29 is 9.13 Å². The molecule has 0 spiro atoms. The van der Waals surface area contributed by atoms with Crippen molar-refractivity contribution in [2.75, 3.05) is 0 Å². The molecule has 0 aliphatic carbocycles.